The second-order valence-corrected chi connectivity index (χ2v) is 5.50. The van der Waals surface area contributed by atoms with E-state index in [2.05, 4.69) is 27.0 Å². The molecule has 0 saturated carbocycles. The van der Waals surface area contributed by atoms with Crippen LogP contribution in [0.3, 0.4) is 0 Å². The summed E-state index contributed by atoms with van der Waals surface area (Å²) >= 11 is 0. The third kappa shape index (κ3) is 2.70. The SMILES string of the molecule is CC(C)Oc1ccc(-n2cncc2[C@@H]2CCCN2)cc1. The Labute approximate surface area is 119 Å². The van der Waals surface area contributed by atoms with E-state index in [0.717, 1.165) is 18.0 Å². The van der Waals surface area contributed by atoms with Gasteiger partial charge in [-0.2, -0.15) is 0 Å². The number of ether oxygens (including phenoxy) is 1. The zero-order chi connectivity index (χ0) is 13.9. The standard InChI is InChI=1S/C16H21N3O/c1-12(2)20-14-7-5-13(6-8-14)19-11-17-10-16(19)15-4-3-9-18-15/h5-8,10-12,15,18H,3-4,9H2,1-2H3/t15-/m0/s1. The molecule has 1 aliphatic heterocycles. The molecule has 4 heteroatoms. The van der Waals surface area contributed by atoms with Crippen LogP contribution < -0.4 is 10.1 Å². The van der Waals surface area contributed by atoms with Gasteiger partial charge in [0.1, 0.15) is 5.75 Å². The molecular formula is C16H21N3O. The summed E-state index contributed by atoms with van der Waals surface area (Å²) in [4.78, 5) is 4.31. The Morgan fingerprint density at radius 2 is 2.10 bits per heavy atom. The predicted molar refractivity (Wildman–Crippen MR) is 79.3 cm³/mol. The van der Waals surface area contributed by atoms with E-state index in [1.807, 2.05) is 38.5 Å². The Bertz CT molecular complexity index is 553. The van der Waals surface area contributed by atoms with Crippen LogP contribution in [0.4, 0.5) is 0 Å². The topological polar surface area (TPSA) is 39.1 Å². The normalized spacial score (nSPS) is 18.6. The van der Waals surface area contributed by atoms with E-state index in [0.29, 0.717) is 6.04 Å². The lowest BCUT2D eigenvalue weighted by Gasteiger charge is -2.15. The van der Waals surface area contributed by atoms with E-state index in [1.54, 1.807) is 0 Å². The van der Waals surface area contributed by atoms with Gasteiger partial charge in [0.15, 0.2) is 0 Å². The fourth-order valence-electron chi connectivity index (χ4n) is 2.67. The molecule has 4 nitrogen and oxygen atoms in total. The number of aromatic nitrogens is 2. The van der Waals surface area contributed by atoms with Gasteiger partial charge in [0, 0.05) is 11.7 Å². The van der Waals surface area contributed by atoms with Crippen molar-refractivity contribution in [3.63, 3.8) is 0 Å². The quantitative estimate of drug-likeness (QED) is 0.928. The van der Waals surface area contributed by atoms with Gasteiger partial charge in [-0.15, -0.1) is 0 Å². The molecule has 1 aromatic heterocycles. The molecule has 0 aliphatic carbocycles. The lowest BCUT2D eigenvalue weighted by Crippen LogP contribution is -2.16. The van der Waals surface area contributed by atoms with Crippen LogP contribution in [0.25, 0.3) is 5.69 Å². The maximum absolute atomic E-state index is 5.68. The number of nitrogens with zero attached hydrogens (tertiary/aromatic N) is 2. The first-order valence-electron chi connectivity index (χ1n) is 7.27. The molecule has 0 unspecified atom stereocenters. The molecule has 2 aromatic rings. The second-order valence-electron chi connectivity index (χ2n) is 5.50. The summed E-state index contributed by atoms with van der Waals surface area (Å²) in [6.45, 7) is 5.16. The minimum Gasteiger partial charge on any atom is -0.491 e. The van der Waals surface area contributed by atoms with Crippen LogP contribution >= 0.6 is 0 Å². The summed E-state index contributed by atoms with van der Waals surface area (Å²) in [6.07, 6.45) is 6.46. The first kappa shape index (κ1) is 13.2. The van der Waals surface area contributed by atoms with Gasteiger partial charge in [-0.1, -0.05) is 0 Å². The van der Waals surface area contributed by atoms with E-state index in [1.165, 1.54) is 18.5 Å². The smallest absolute Gasteiger partial charge is 0.119 e. The van der Waals surface area contributed by atoms with Crippen molar-refractivity contribution in [1.29, 1.82) is 0 Å². The van der Waals surface area contributed by atoms with Crippen molar-refractivity contribution < 1.29 is 4.74 Å². The van der Waals surface area contributed by atoms with Crippen LogP contribution in [0.15, 0.2) is 36.8 Å². The molecule has 1 aliphatic rings. The average Bonchev–Trinajstić information content (AvgIpc) is 3.09. The van der Waals surface area contributed by atoms with E-state index in [4.69, 9.17) is 4.74 Å². The molecule has 2 heterocycles. The van der Waals surface area contributed by atoms with Crippen molar-refractivity contribution in [3.05, 3.63) is 42.5 Å². The maximum atomic E-state index is 5.68. The van der Waals surface area contributed by atoms with Crippen molar-refractivity contribution in [2.75, 3.05) is 6.54 Å². The first-order valence-corrected chi connectivity index (χ1v) is 7.27. The summed E-state index contributed by atoms with van der Waals surface area (Å²) in [6, 6.07) is 8.61. The number of rotatable bonds is 4. The van der Waals surface area contributed by atoms with Crippen molar-refractivity contribution in [1.82, 2.24) is 14.9 Å². The molecule has 3 rings (SSSR count). The van der Waals surface area contributed by atoms with Gasteiger partial charge in [0.05, 0.1) is 24.3 Å². The van der Waals surface area contributed by atoms with Crippen LogP contribution in [-0.2, 0) is 0 Å². The van der Waals surface area contributed by atoms with Crippen LogP contribution in [0.2, 0.25) is 0 Å². The zero-order valence-corrected chi connectivity index (χ0v) is 12.0. The molecule has 1 saturated heterocycles. The Morgan fingerprint density at radius 1 is 1.30 bits per heavy atom. The molecule has 1 N–H and O–H groups in total. The molecule has 0 bridgehead atoms. The average molecular weight is 271 g/mol. The fourth-order valence-corrected chi connectivity index (χ4v) is 2.67. The van der Waals surface area contributed by atoms with Gasteiger partial charge < -0.3 is 14.6 Å². The van der Waals surface area contributed by atoms with Crippen LogP contribution in [-0.4, -0.2) is 22.2 Å². The zero-order valence-electron chi connectivity index (χ0n) is 12.0. The molecule has 1 fully saturated rings. The lowest BCUT2D eigenvalue weighted by atomic mass is 10.1. The van der Waals surface area contributed by atoms with Crippen LogP contribution in [0.1, 0.15) is 38.4 Å². The fraction of sp³-hybridized carbons (Fsp3) is 0.438. The lowest BCUT2D eigenvalue weighted by molar-refractivity contribution is 0.242. The summed E-state index contributed by atoms with van der Waals surface area (Å²) < 4.78 is 7.83. The maximum Gasteiger partial charge on any atom is 0.119 e. The molecule has 0 amide bonds. The second kappa shape index (κ2) is 5.67. The third-order valence-electron chi connectivity index (χ3n) is 3.57. The van der Waals surface area contributed by atoms with Crippen molar-refractivity contribution in [3.8, 4) is 11.4 Å². The minimum absolute atomic E-state index is 0.201. The molecular weight excluding hydrogens is 250 g/mol. The Hall–Kier alpha value is -1.81. The number of hydrogen-bond donors (Lipinski definition) is 1. The monoisotopic (exact) mass is 271 g/mol. The summed E-state index contributed by atoms with van der Waals surface area (Å²) in [7, 11) is 0. The largest absolute Gasteiger partial charge is 0.491 e. The molecule has 1 atom stereocenters. The minimum atomic E-state index is 0.201. The molecule has 106 valence electrons. The van der Waals surface area contributed by atoms with E-state index >= 15 is 0 Å². The summed E-state index contributed by atoms with van der Waals surface area (Å²) in [5.41, 5.74) is 2.36. The summed E-state index contributed by atoms with van der Waals surface area (Å²) in [5.74, 6) is 0.907. The van der Waals surface area contributed by atoms with Gasteiger partial charge in [0.25, 0.3) is 0 Å². The third-order valence-corrected chi connectivity index (χ3v) is 3.57. The number of nitrogens with one attached hydrogen (secondary N) is 1. The number of imidazole rings is 1. The predicted octanol–water partition coefficient (Wildman–Crippen LogP) is 3.08. The van der Waals surface area contributed by atoms with Gasteiger partial charge in [-0.05, 0) is 57.5 Å². The van der Waals surface area contributed by atoms with E-state index in [-0.39, 0.29) is 6.10 Å². The van der Waals surface area contributed by atoms with Crippen molar-refractivity contribution >= 4 is 0 Å². The van der Waals surface area contributed by atoms with Crippen molar-refractivity contribution in [2.45, 2.75) is 38.8 Å². The van der Waals surface area contributed by atoms with Crippen LogP contribution in [0.5, 0.6) is 5.75 Å². The number of hydrogen-bond acceptors (Lipinski definition) is 3. The molecule has 0 spiro atoms. The molecule has 0 radical (unpaired) electrons. The van der Waals surface area contributed by atoms with E-state index in [9.17, 15) is 0 Å². The Kier molecular flexibility index (Phi) is 3.74. The highest BCUT2D eigenvalue weighted by molar-refractivity contribution is 5.39. The van der Waals surface area contributed by atoms with E-state index < -0.39 is 0 Å². The Morgan fingerprint density at radius 3 is 2.75 bits per heavy atom. The molecule has 1 aromatic carbocycles. The van der Waals surface area contributed by atoms with Gasteiger partial charge in [0.2, 0.25) is 0 Å². The van der Waals surface area contributed by atoms with Crippen molar-refractivity contribution in [2.24, 2.45) is 0 Å². The molecule has 20 heavy (non-hydrogen) atoms. The van der Waals surface area contributed by atoms with Gasteiger partial charge >= 0.3 is 0 Å². The highest BCUT2D eigenvalue weighted by Gasteiger charge is 2.20. The highest BCUT2D eigenvalue weighted by Crippen LogP contribution is 2.26. The first-order chi connectivity index (χ1) is 9.74. The van der Waals surface area contributed by atoms with Crippen LogP contribution in [0, 0.1) is 0 Å². The summed E-state index contributed by atoms with van der Waals surface area (Å²) in [5, 5.41) is 3.52. The van der Waals surface area contributed by atoms with Gasteiger partial charge in [-0.3, -0.25) is 0 Å². The number of benzene rings is 1. The van der Waals surface area contributed by atoms with Gasteiger partial charge in [-0.25, -0.2) is 4.98 Å². The Balaban J connectivity index is 1.84. The highest BCUT2D eigenvalue weighted by atomic mass is 16.5.